The second-order valence-electron chi connectivity index (χ2n) is 5.38. The monoisotopic (exact) mass is 310 g/mol. The summed E-state index contributed by atoms with van der Waals surface area (Å²) in [5.41, 5.74) is 0. The number of carbonyl (C=O) groups is 1. The molecule has 0 aliphatic carbocycles. The molecule has 0 aliphatic heterocycles. The molecule has 0 aliphatic rings. The van der Waals surface area contributed by atoms with Crippen LogP contribution in [-0.4, -0.2) is 62.0 Å². The molecule has 120 valence electrons. The van der Waals surface area contributed by atoms with Gasteiger partial charge in [-0.25, -0.2) is 0 Å². The van der Waals surface area contributed by atoms with Crippen molar-refractivity contribution in [3.05, 3.63) is 0 Å². The molecule has 1 N–H and O–H groups in total. The van der Waals surface area contributed by atoms with Crippen LogP contribution in [0, 0.1) is 5.92 Å². The molecule has 0 atom stereocenters. The molecule has 20 heavy (non-hydrogen) atoms. The topological polar surface area (TPSA) is 80.7 Å². The molecule has 0 aromatic carbocycles. The van der Waals surface area contributed by atoms with Crippen molar-refractivity contribution >= 4 is 16.1 Å². The molecule has 0 amide bonds. The van der Waals surface area contributed by atoms with Crippen molar-refractivity contribution in [2.45, 2.75) is 34.1 Å². The lowest BCUT2D eigenvalue weighted by Gasteiger charge is -2.36. The Bertz CT molecular complexity index is 388. The Morgan fingerprint density at radius 3 is 2.15 bits per heavy atom. The molecular weight excluding hydrogens is 282 g/mol. The van der Waals surface area contributed by atoms with Gasteiger partial charge >= 0.3 is 5.97 Å². The van der Waals surface area contributed by atoms with Crippen molar-refractivity contribution in [2.24, 2.45) is 5.92 Å². The van der Waals surface area contributed by atoms with Crippen LogP contribution in [-0.2, 0) is 19.6 Å². The molecule has 0 saturated heterocycles. The Kier molecular flexibility index (Phi) is 8.30. The summed E-state index contributed by atoms with van der Waals surface area (Å²) < 4.78 is 36.1. The number of nitrogens with zero attached hydrogens (tertiary/aromatic N) is 1. The van der Waals surface area contributed by atoms with Gasteiger partial charge in [-0.15, -0.1) is 0 Å². The van der Waals surface area contributed by atoms with Crippen LogP contribution in [0.25, 0.3) is 0 Å². The lowest BCUT2D eigenvalue weighted by Crippen LogP contribution is -2.51. The predicted octanol–water partition coefficient (Wildman–Crippen LogP) is 1.32. The summed E-state index contributed by atoms with van der Waals surface area (Å²) in [6.45, 7) is 10.9. The highest BCUT2D eigenvalue weighted by atomic mass is 32.2. The number of likely N-dealkylation sites (N-methyl/N-ethyl adjacent to an activating group) is 1. The Morgan fingerprint density at radius 1 is 1.20 bits per heavy atom. The summed E-state index contributed by atoms with van der Waals surface area (Å²) in [6.07, 6.45) is 0.401. The number of hydrogen-bond donors (Lipinski definition) is 1. The first kappa shape index (κ1) is 19.3. The minimum absolute atomic E-state index is 0.139. The van der Waals surface area contributed by atoms with Crippen molar-refractivity contribution in [2.75, 3.05) is 38.5 Å². The molecule has 0 aromatic heterocycles. The van der Waals surface area contributed by atoms with Gasteiger partial charge in [0, 0.05) is 6.42 Å². The van der Waals surface area contributed by atoms with E-state index >= 15 is 0 Å². The van der Waals surface area contributed by atoms with Crippen LogP contribution in [0.4, 0.5) is 0 Å². The van der Waals surface area contributed by atoms with E-state index in [1.807, 2.05) is 13.8 Å². The first-order valence-corrected chi connectivity index (χ1v) is 8.73. The van der Waals surface area contributed by atoms with Crippen LogP contribution >= 0.6 is 0 Å². The third kappa shape index (κ3) is 7.81. The molecule has 0 radical (unpaired) electrons. The normalized spacial score (nSPS) is 12.7. The van der Waals surface area contributed by atoms with Crippen molar-refractivity contribution < 1.29 is 27.0 Å². The van der Waals surface area contributed by atoms with Gasteiger partial charge in [0.1, 0.15) is 13.2 Å². The number of carbonyl (C=O) groups excluding carboxylic acids is 1. The fourth-order valence-electron chi connectivity index (χ4n) is 2.06. The van der Waals surface area contributed by atoms with Crippen LogP contribution in [0.5, 0.6) is 0 Å². The second kappa shape index (κ2) is 8.59. The Morgan fingerprint density at radius 2 is 1.75 bits per heavy atom. The third-order valence-electron chi connectivity index (χ3n) is 3.66. The number of rotatable bonds is 10. The molecule has 0 spiro atoms. The van der Waals surface area contributed by atoms with E-state index in [1.165, 1.54) is 0 Å². The fraction of sp³-hybridized carbons (Fsp3) is 0.923. The molecule has 0 heterocycles. The van der Waals surface area contributed by atoms with Gasteiger partial charge in [-0.05, 0) is 13.8 Å². The zero-order chi connectivity index (χ0) is 15.8. The first-order chi connectivity index (χ1) is 9.16. The maximum Gasteiger partial charge on any atom is 0.308 e. The first-order valence-electron chi connectivity index (χ1n) is 7.12. The zero-order valence-corrected chi connectivity index (χ0v) is 13.8. The van der Waals surface area contributed by atoms with E-state index in [4.69, 9.17) is 9.29 Å². The summed E-state index contributed by atoms with van der Waals surface area (Å²) in [7, 11) is -3.90. The van der Waals surface area contributed by atoms with Gasteiger partial charge < -0.3 is 9.22 Å². The van der Waals surface area contributed by atoms with Gasteiger partial charge in [-0.2, -0.15) is 8.42 Å². The second-order valence-corrected chi connectivity index (χ2v) is 6.96. The van der Waals surface area contributed by atoms with E-state index in [9.17, 15) is 13.2 Å². The van der Waals surface area contributed by atoms with E-state index in [-0.39, 0.29) is 17.6 Å². The maximum absolute atomic E-state index is 11.4. The number of ether oxygens (including phenoxy) is 1. The molecule has 0 unspecified atom stereocenters. The van der Waals surface area contributed by atoms with Gasteiger partial charge in [0.15, 0.2) is 0 Å². The molecule has 0 fully saturated rings. The van der Waals surface area contributed by atoms with Gasteiger partial charge in [0.2, 0.25) is 0 Å². The largest absolute Gasteiger partial charge is 0.459 e. The van der Waals surface area contributed by atoms with Crippen LogP contribution in [0.15, 0.2) is 0 Å². The van der Waals surface area contributed by atoms with Crippen molar-refractivity contribution in [3.8, 4) is 0 Å². The summed E-state index contributed by atoms with van der Waals surface area (Å²) in [6, 6.07) is 0. The summed E-state index contributed by atoms with van der Waals surface area (Å²) >= 11 is 0. The van der Waals surface area contributed by atoms with E-state index in [0.29, 0.717) is 30.6 Å². The number of hydrogen-bond acceptors (Lipinski definition) is 4. The van der Waals surface area contributed by atoms with Crippen molar-refractivity contribution in [3.63, 3.8) is 0 Å². The Balaban J connectivity index is 4.34. The summed E-state index contributed by atoms with van der Waals surface area (Å²) in [5, 5.41) is 0. The standard InChI is InChI=1S/C13H27NO5S/c1-5-14(6-2,8-7-11-20(16,17)18)9-10-19-13(15)12(3)4/h12H,5-11H2,1-4H3/p+1. The predicted molar refractivity (Wildman–Crippen MR) is 77.9 cm³/mol. The average molecular weight is 310 g/mol. The SMILES string of the molecule is CC[N+](CC)(CCCS(=O)(=O)O)CCOC(=O)C(C)C. The molecule has 6 nitrogen and oxygen atoms in total. The van der Waals surface area contributed by atoms with Crippen LogP contribution in [0.1, 0.15) is 34.1 Å². The third-order valence-corrected chi connectivity index (χ3v) is 4.46. The highest BCUT2D eigenvalue weighted by molar-refractivity contribution is 7.85. The lowest BCUT2D eigenvalue weighted by molar-refractivity contribution is -0.925. The molecule has 0 saturated carbocycles. The molecule has 0 rings (SSSR count). The number of quaternary nitrogens is 1. The maximum atomic E-state index is 11.4. The van der Waals surface area contributed by atoms with Gasteiger partial charge in [0.25, 0.3) is 10.1 Å². The quantitative estimate of drug-likeness (QED) is 0.374. The highest BCUT2D eigenvalue weighted by Crippen LogP contribution is 2.09. The van der Waals surface area contributed by atoms with Crippen LogP contribution in [0.3, 0.4) is 0 Å². The smallest absolute Gasteiger partial charge is 0.308 e. The summed E-state index contributed by atoms with van der Waals surface area (Å²) in [5.74, 6) is -0.577. The van der Waals surface area contributed by atoms with E-state index in [1.54, 1.807) is 13.8 Å². The van der Waals surface area contributed by atoms with Gasteiger partial charge in [-0.1, -0.05) is 13.8 Å². The minimum Gasteiger partial charge on any atom is -0.459 e. The van der Waals surface area contributed by atoms with E-state index in [0.717, 1.165) is 13.1 Å². The Labute approximate surface area is 122 Å². The molecule has 0 aromatic rings. The average Bonchev–Trinajstić information content (AvgIpc) is 2.35. The molecule has 7 heteroatoms. The van der Waals surface area contributed by atoms with Crippen LogP contribution in [0.2, 0.25) is 0 Å². The van der Waals surface area contributed by atoms with Gasteiger partial charge in [0.05, 0.1) is 31.3 Å². The highest BCUT2D eigenvalue weighted by Gasteiger charge is 2.24. The minimum atomic E-state index is -3.90. The number of esters is 1. The lowest BCUT2D eigenvalue weighted by atomic mass is 10.2. The van der Waals surface area contributed by atoms with Crippen molar-refractivity contribution in [1.29, 1.82) is 0 Å². The van der Waals surface area contributed by atoms with E-state index < -0.39 is 10.1 Å². The van der Waals surface area contributed by atoms with Crippen LogP contribution < -0.4 is 0 Å². The molecule has 0 bridgehead atoms. The Hall–Kier alpha value is -0.660. The summed E-state index contributed by atoms with van der Waals surface area (Å²) in [4.78, 5) is 11.4. The molecular formula is C13H28NO5S+. The van der Waals surface area contributed by atoms with Crippen molar-refractivity contribution in [1.82, 2.24) is 0 Å². The zero-order valence-electron chi connectivity index (χ0n) is 13.0. The fourth-order valence-corrected chi connectivity index (χ4v) is 2.55. The van der Waals surface area contributed by atoms with E-state index in [2.05, 4.69) is 0 Å². The van der Waals surface area contributed by atoms with Gasteiger partial charge in [-0.3, -0.25) is 9.35 Å².